The number of hydrogen-bond acceptors (Lipinski definition) is 2. The molecule has 0 bridgehead atoms. The van der Waals surface area contributed by atoms with Crippen molar-refractivity contribution in [3.8, 4) is 0 Å². The first kappa shape index (κ1) is 12.4. The lowest BCUT2D eigenvalue weighted by atomic mass is 9.79. The fraction of sp³-hybridized carbons (Fsp3) is 0.643. The van der Waals surface area contributed by atoms with E-state index in [1.807, 2.05) is 10.9 Å². The van der Waals surface area contributed by atoms with Gasteiger partial charge < -0.3 is 5.11 Å². The molecule has 0 saturated heterocycles. The summed E-state index contributed by atoms with van der Waals surface area (Å²) in [5.41, 5.74) is 2.36. The molecule has 17 heavy (non-hydrogen) atoms. The molecule has 3 unspecified atom stereocenters. The molecule has 0 amide bonds. The summed E-state index contributed by atoms with van der Waals surface area (Å²) >= 11 is 0. The number of rotatable bonds is 3. The van der Waals surface area contributed by atoms with E-state index in [1.165, 1.54) is 5.57 Å². The summed E-state index contributed by atoms with van der Waals surface area (Å²) in [6, 6.07) is 0. The Hall–Kier alpha value is -1.09. The SMILES string of the molecule is CCn1cc(C(O)C2CC(C)=CC(C)C2)cn1. The Morgan fingerprint density at radius 3 is 2.94 bits per heavy atom. The highest BCUT2D eigenvalue weighted by molar-refractivity contribution is 5.14. The van der Waals surface area contributed by atoms with E-state index in [-0.39, 0.29) is 6.10 Å². The summed E-state index contributed by atoms with van der Waals surface area (Å²) in [4.78, 5) is 0. The van der Waals surface area contributed by atoms with Gasteiger partial charge in [0.15, 0.2) is 0 Å². The molecule has 1 N–H and O–H groups in total. The molecular weight excluding hydrogens is 212 g/mol. The van der Waals surface area contributed by atoms with Crippen LogP contribution in [0.5, 0.6) is 0 Å². The standard InChI is InChI=1S/C14H22N2O/c1-4-16-9-13(8-15-16)14(17)12-6-10(2)5-11(3)7-12/h5,8-10,12,14,17H,4,6-7H2,1-3H3. The van der Waals surface area contributed by atoms with Gasteiger partial charge in [-0.15, -0.1) is 0 Å². The molecule has 1 aliphatic rings. The molecule has 0 aromatic carbocycles. The van der Waals surface area contributed by atoms with Crippen molar-refractivity contribution in [3.63, 3.8) is 0 Å². The van der Waals surface area contributed by atoms with E-state index >= 15 is 0 Å². The first-order chi connectivity index (χ1) is 8.10. The van der Waals surface area contributed by atoms with E-state index in [9.17, 15) is 5.11 Å². The molecule has 1 aromatic heterocycles. The maximum atomic E-state index is 10.4. The zero-order valence-electron chi connectivity index (χ0n) is 10.9. The molecule has 0 fully saturated rings. The minimum Gasteiger partial charge on any atom is -0.388 e. The number of aromatic nitrogens is 2. The third-order valence-electron chi connectivity index (χ3n) is 3.59. The highest BCUT2D eigenvalue weighted by Crippen LogP contribution is 2.36. The van der Waals surface area contributed by atoms with Crippen LogP contribution >= 0.6 is 0 Å². The molecule has 3 heteroatoms. The Bertz CT molecular complexity index is 408. The molecular formula is C14H22N2O. The fourth-order valence-electron chi connectivity index (χ4n) is 2.81. The number of nitrogens with zero attached hydrogens (tertiary/aromatic N) is 2. The van der Waals surface area contributed by atoms with Gasteiger partial charge in [-0.05, 0) is 38.5 Å². The van der Waals surface area contributed by atoms with E-state index in [4.69, 9.17) is 0 Å². The second-order valence-electron chi connectivity index (χ2n) is 5.26. The number of aliphatic hydroxyl groups excluding tert-OH is 1. The van der Waals surface area contributed by atoms with Gasteiger partial charge in [0, 0.05) is 18.3 Å². The van der Waals surface area contributed by atoms with E-state index in [0.717, 1.165) is 24.9 Å². The molecule has 3 nitrogen and oxygen atoms in total. The van der Waals surface area contributed by atoms with Crippen molar-refractivity contribution >= 4 is 0 Å². The minimum atomic E-state index is -0.374. The zero-order chi connectivity index (χ0) is 12.4. The minimum absolute atomic E-state index is 0.338. The van der Waals surface area contributed by atoms with E-state index in [2.05, 4.69) is 31.9 Å². The van der Waals surface area contributed by atoms with Gasteiger partial charge in [0.1, 0.15) is 0 Å². The smallest absolute Gasteiger partial charge is 0.0851 e. The summed E-state index contributed by atoms with van der Waals surface area (Å²) in [5, 5.41) is 14.6. The maximum Gasteiger partial charge on any atom is 0.0851 e. The Kier molecular flexibility index (Phi) is 3.67. The van der Waals surface area contributed by atoms with Gasteiger partial charge in [-0.2, -0.15) is 5.10 Å². The fourth-order valence-corrected chi connectivity index (χ4v) is 2.81. The second-order valence-corrected chi connectivity index (χ2v) is 5.26. The average Bonchev–Trinajstić information content (AvgIpc) is 2.75. The largest absolute Gasteiger partial charge is 0.388 e. The van der Waals surface area contributed by atoms with Crippen LogP contribution in [-0.4, -0.2) is 14.9 Å². The van der Waals surface area contributed by atoms with Gasteiger partial charge in [0.2, 0.25) is 0 Å². The summed E-state index contributed by atoms with van der Waals surface area (Å²) in [6.07, 6.45) is 7.77. The summed E-state index contributed by atoms with van der Waals surface area (Å²) in [6.45, 7) is 7.29. The van der Waals surface area contributed by atoms with Crippen LogP contribution in [0, 0.1) is 11.8 Å². The Labute approximate surface area is 103 Å². The van der Waals surface area contributed by atoms with Gasteiger partial charge in [-0.1, -0.05) is 18.6 Å². The monoisotopic (exact) mass is 234 g/mol. The van der Waals surface area contributed by atoms with Crippen LogP contribution in [0.1, 0.15) is 45.3 Å². The van der Waals surface area contributed by atoms with E-state index in [1.54, 1.807) is 6.20 Å². The topological polar surface area (TPSA) is 38.0 Å². The average molecular weight is 234 g/mol. The summed E-state index contributed by atoms with van der Waals surface area (Å²) in [5.74, 6) is 0.911. The molecule has 3 atom stereocenters. The molecule has 1 heterocycles. The molecule has 2 rings (SSSR count). The van der Waals surface area contributed by atoms with Crippen LogP contribution in [0.4, 0.5) is 0 Å². The van der Waals surface area contributed by atoms with Gasteiger partial charge in [-0.3, -0.25) is 4.68 Å². The van der Waals surface area contributed by atoms with E-state index in [0.29, 0.717) is 11.8 Å². The van der Waals surface area contributed by atoms with Crippen LogP contribution in [0.15, 0.2) is 24.0 Å². The van der Waals surface area contributed by atoms with Crippen molar-refractivity contribution < 1.29 is 5.11 Å². The van der Waals surface area contributed by atoms with Crippen molar-refractivity contribution in [3.05, 3.63) is 29.6 Å². The quantitative estimate of drug-likeness (QED) is 0.817. The first-order valence-corrected chi connectivity index (χ1v) is 6.47. The highest BCUT2D eigenvalue weighted by atomic mass is 16.3. The lowest BCUT2D eigenvalue weighted by Gasteiger charge is -2.28. The first-order valence-electron chi connectivity index (χ1n) is 6.47. The maximum absolute atomic E-state index is 10.4. The molecule has 0 saturated carbocycles. The Balaban J connectivity index is 2.09. The number of allylic oxidation sites excluding steroid dienone is 2. The highest BCUT2D eigenvalue weighted by Gasteiger charge is 2.26. The predicted molar refractivity (Wildman–Crippen MR) is 68.5 cm³/mol. The van der Waals surface area contributed by atoms with Crippen molar-refractivity contribution in [1.82, 2.24) is 9.78 Å². The second kappa shape index (κ2) is 5.05. The van der Waals surface area contributed by atoms with Crippen LogP contribution in [0.3, 0.4) is 0 Å². The molecule has 0 radical (unpaired) electrons. The van der Waals surface area contributed by atoms with Crippen LogP contribution in [0.25, 0.3) is 0 Å². The molecule has 94 valence electrons. The molecule has 1 aliphatic carbocycles. The van der Waals surface area contributed by atoms with Crippen LogP contribution in [-0.2, 0) is 6.54 Å². The molecule has 0 spiro atoms. The van der Waals surface area contributed by atoms with Crippen LogP contribution < -0.4 is 0 Å². The van der Waals surface area contributed by atoms with Crippen LogP contribution in [0.2, 0.25) is 0 Å². The summed E-state index contributed by atoms with van der Waals surface area (Å²) < 4.78 is 1.87. The Morgan fingerprint density at radius 2 is 2.35 bits per heavy atom. The zero-order valence-corrected chi connectivity index (χ0v) is 10.9. The normalized spacial score (nSPS) is 26.7. The number of hydrogen-bond donors (Lipinski definition) is 1. The summed E-state index contributed by atoms with van der Waals surface area (Å²) in [7, 11) is 0. The van der Waals surface area contributed by atoms with Gasteiger partial charge >= 0.3 is 0 Å². The van der Waals surface area contributed by atoms with Crippen molar-refractivity contribution in [2.75, 3.05) is 0 Å². The third kappa shape index (κ3) is 2.78. The van der Waals surface area contributed by atoms with Gasteiger partial charge in [-0.25, -0.2) is 0 Å². The lowest BCUT2D eigenvalue weighted by Crippen LogP contribution is -2.19. The van der Waals surface area contributed by atoms with Crippen molar-refractivity contribution in [1.29, 1.82) is 0 Å². The number of aliphatic hydroxyl groups is 1. The number of aryl methyl sites for hydroxylation is 1. The van der Waals surface area contributed by atoms with Gasteiger partial charge in [0.05, 0.1) is 12.3 Å². The van der Waals surface area contributed by atoms with Gasteiger partial charge in [0.25, 0.3) is 0 Å². The molecule has 0 aliphatic heterocycles. The van der Waals surface area contributed by atoms with Crippen molar-refractivity contribution in [2.45, 2.75) is 46.3 Å². The van der Waals surface area contributed by atoms with E-state index < -0.39 is 0 Å². The third-order valence-corrected chi connectivity index (χ3v) is 3.59. The Morgan fingerprint density at radius 1 is 1.59 bits per heavy atom. The lowest BCUT2D eigenvalue weighted by molar-refractivity contribution is 0.0932. The van der Waals surface area contributed by atoms with Crippen molar-refractivity contribution in [2.24, 2.45) is 11.8 Å². The predicted octanol–water partition coefficient (Wildman–Crippen LogP) is 2.93. The molecule has 1 aromatic rings.